The van der Waals surface area contributed by atoms with Crippen molar-refractivity contribution in [2.24, 2.45) is 0 Å². The Balaban J connectivity index is 0.000000465. The number of hydrogen-bond acceptors (Lipinski definition) is 6. The second-order valence-electron chi connectivity index (χ2n) is 6.61. The molecule has 27 heavy (non-hydrogen) atoms. The summed E-state index contributed by atoms with van der Waals surface area (Å²) >= 11 is 0. The van der Waals surface area contributed by atoms with Crippen molar-refractivity contribution in [1.29, 1.82) is 0 Å². The molecular weight excluding hydrogens is 374 g/mol. The summed E-state index contributed by atoms with van der Waals surface area (Å²) in [6, 6.07) is 10.3. The molecule has 1 aliphatic heterocycles. The number of nitrogens with zero attached hydrogens (tertiary/aromatic N) is 1. The molecule has 0 bridgehead atoms. The Bertz CT molecular complexity index is 693. The fraction of sp³-hybridized carbons (Fsp3) is 0.421. The van der Waals surface area contributed by atoms with Crippen molar-refractivity contribution < 1.29 is 42.9 Å². The standard InChI is InChI=1S/C19H24NO2.ClHO4/c1-20(2)14-11-17-15-18(16-9-5-3-6-10-16)22-19(21-17)12-7-4-8-13-19;2-1(3,4)5/h3,5-6,9-11,14-15H,4,7-8,12-13H2,1-2H3;(H,2,3,4,5)/q+1;/p-1/b17-11-;. The average molecular weight is 398 g/mol. The van der Waals surface area contributed by atoms with E-state index in [1.165, 1.54) is 6.42 Å². The van der Waals surface area contributed by atoms with Crippen LogP contribution < -0.4 is 18.6 Å². The first-order chi connectivity index (χ1) is 12.7. The number of benzene rings is 1. The summed E-state index contributed by atoms with van der Waals surface area (Å²) in [5, 5.41) is 0. The molecule has 3 rings (SSSR count). The first-order valence-electron chi connectivity index (χ1n) is 8.65. The summed E-state index contributed by atoms with van der Waals surface area (Å²) in [6.45, 7) is 0. The first-order valence-corrected chi connectivity index (χ1v) is 9.89. The van der Waals surface area contributed by atoms with Crippen molar-refractivity contribution in [3.05, 3.63) is 53.8 Å². The van der Waals surface area contributed by atoms with Crippen LogP contribution in [0.2, 0.25) is 0 Å². The Morgan fingerprint density at radius 3 is 2.11 bits per heavy atom. The third kappa shape index (κ3) is 7.70. The van der Waals surface area contributed by atoms with Gasteiger partial charge in [0.25, 0.3) is 5.79 Å². The lowest BCUT2D eigenvalue weighted by Gasteiger charge is -2.41. The van der Waals surface area contributed by atoms with Crippen LogP contribution in [0.25, 0.3) is 5.76 Å². The molecular formula is C19H24ClNO6. The van der Waals surface area contributed by atoms with Crippen LogP contribution in [0.4, 0.5) is 0 Å². The summed E-state index contributed by atoms with van der Waals surface area (Å²) in [5.41, 5.74) is 1.10. The van der Waals surface area contributed by atoms with Crippen molar-refractivity contribution in [1.82, 2.24) is 0 Å². The minimum atomic E-state index is -4.94. The highest BCUT2D eigenvalue weighted by Crippen LogP contribution is 2.41. The lowest BCUT2D eigenvalue weighted by atomic mass is 9.93. The van der Waals surface area contributed by atoms with Crippen molar-refractivity contribution in [3.63, 3.8) is 0 Å². The molecule has 0 unspecified atom stereocenters. The maximum atomic E-state index is 8.49. The number of halogens is 1. The number of rotatable bonds is 2. The summed E-state index contributed by atoms with van der Waals surface area (Å²) in [6.07, 6.45) is 11.5. The van der Waals surface area contributed by atoms with Gasteiger partial charge >= 0.3 is 0 Å². The highest BCUT2D eigenvalue weighted by atomic mass is 35.7. The summed E-state index contributed by atoms with van der Waals surface area (Å²) in [5.74, 6) is 1.30. The van der Waals surface area contributed by atoms with E-state index in [-0.39, 0.29) is 0 Å². The molecule has 0 aromatic heterocycles. The van der Waals surface area contributed by atoms with Gasteiger partial charge in [-0.1, -0.05) is 36.8 Å². The Kier molecular flexibility index (Phi) is 7.41. The molecule has 0 amide bonds. The highest BCUT2D eigenvalue weighted by Gasteiger charge is 2.40. The molecule has 1 fully saturated rings. The summed E-state index contributed by atoms with van der Waals surface area (Å²) < 4.78 is 48.5. The maximum absolute atomic E-state index is 8.49. The van der Waals surface area contributed by atoms with Gasteiger partial charge in [0.05, 0.1) is 0 Å². The molecule has 0 N–H and O–H groups in total. The minimum absolute atomic E-state index is 0.482. The fourth-order valence-corrected chi connectivity index (χ4v) is 2.97. The van der Waals surface area contributed by atoms with Crippen molar-refractivity contribution in [2.45, 2.75) is 37.9 Å². The SMILES string of the molecule is C[N+](C)=C/C=C1/C=C(c2ccccc2)OC2(CCCCC2)O1.[O-][Cl+3]([O-])([O-])[O-]. The van der Waals surface area contributed by atoms with Gasteiger partial charge < -0.3 is 9.47 Å². The van der Waals surface area contributed by atoms with Gasteiger partial charge in [0.1, 0.15) is 25.6 Å². The quantitative estimate of drug-likeness (QED) is 0.477. The predicted octanol–water partition coefficient (Wildman–Crippen LogP) is -0.794. The number of hydrogen-bond donors (Lipinski definition) is 0. The Hall–Kier alpha value is -1.90. The Morgan fingerprint density at radius 1 is 0.963 bits per heavy atom. The number of allylic oxidation sites excluding steroid dienone is 2. The second kappa shape index (κ2) is 9.34. The maximum Gasteiger partial charge on any atom is 0.251 e. The largest absolute Gasteiger partial charge is 0.452 e. The van der Waals surface area contributed by atoms with Gasteiger partial charge in [-0.2, -0.15) is 0 Å². The van der Waals surface area contributed by atoms with E-state index in [0.717, 1.165) is 42.8 Å². The van der Waals surface area contributed by atoms with Gasteiger partial charge in [-0.05, 0) is 12.8 Å². The molecule has 1 aliphatic carbocycles. The molecule has 1 spiro atoms. The summed E-state index contributed by atoms with van der Waals surface area (Å²) in [4.78, 5) is 0. The molecule has 1 aromatic carbocycles. The molecule has 7 nitrogen and oxygen atoms in total. The van der Waals surface area contributed by atoms with Gasteiger partial charge in [-0.15, -0.1) is 10.2 Å². The zero-order valence-corrected chi connectivity index (χ0v) is 16.2. The Labute approximate surface area is 161 Å². The van der Waals surface area contributed by atoms with Gasteiger partial charge in [0.15, 0.2) is 6.21 Å². The van der Waals surface area contributed by atoms with E-state index in [2.05, 4.69) is 12.1 Å². The molecule has 0 saturated heterocycles. The first kappa shape index (κ1) is 21.4. The highest BCUT2D eigenvalue weighted by molar-refractivity contribution is 5.71. The van der Waals surface area contributed by atoms with E-state index in [1.807, 2.05) is 55.2 Å². The van der Waals surface area contributed by atoms with Crippen LogP contribution in [-0.2, 0) is 9.47 Å². The van der Waals surface area contributed by atoms with Crippen LogP contribution in [0, 0.1) is 10.2 Å². The zero-order chi connectivity index (χ0) is 19.9. The molecule has 0 radical (unpaired) electrons. The van der Waals surface area contributed by atoms with Crippen molar-refractivity contribution in [2.75, 3.05) is 14.1 Å². The molecule has 0 atom stereocenters. The Morgan fingerprint density at radius 2 is 1.56 bits per heavy atom. The lowest BCUT2D eigenvalue weighted by Crippen LogP contribution is -2.68. The third-order valence-corrected chi connectivity index (χ3v) is 4.08. The normalized spacial score (nSPS) is 19.9. The molecule has 2 aliphatic rings. The van der Waals surface area contributed by atoms with E-state index in [4.69, 9.17) is 28.1 Å². The van der Waals surface area contributed by atoms with E-state index >= 15 is 0 Å². The molecule has 1 heterocycles. The van der Waals surface area contributed by atoms with E-state index < -0.39 is 16.0 Å². The van der Waals surface area contributed by atoms with Gasteiger partial charge in [-0.25, -0.2) is 23.2 Å². The van der Waals surface area contributed by atoms with E-state index in [0.29, 0.717) is 0 Å². The number of ether oxygens (including phenoxy) is 2. The van der Waals surface area contributed by atoms with Crippen LogP contribution in [0.15, 0.2) is 48.2 Å². The predicted molar refractivity (Wildman–Crippen MR) is 88.7 cm³/mol. The molecule has 1 aromatic rings. The van der Waals surface area contributed by atoms with Gasteiger partial charge in [0, 0.05) is 30.6 Å². The smallest absolute Gasteiger partial charge is 0.251 e. The zero-order valence-electron chi connectivity index (χ0n) is 15.4. The molecule has 148 valence electrons. The van der Waals surface area contributed by atoms with E-state index in [9.17, 15) is 0 Å². The topological polar surface area (TPSA) is 114 Å². The fourth-order valence-electron chi connectivity index (χ4n) is 2.97. The average Bonchev–Trinajstić information content (AvgIpc) is 2.60. The summed E-state index contributed by atoms with van der Waals surface area (Å²) in [7, 11) is -0.927. The van der Waals surface area contributed by atoms with Crippen LogP contribution in [-0.4, -0.2) is 30.7 Å². The van der Waals surface area contributed by atoms with Crippen molar-refractivity contribution in [3.8, 4) is 0 Å². The lowest BCUT2D eigenvalue weighted by molar-refractivity contribution is -2.00. The van der Waals surface area contributed by atoms with Crippen molar-refractivity contribution >= 4 is 12.0 Å². The van der Waals surface area contributed by atoms with Crippen LogP contribution in [0.1, 0.15) is 37.7 Å². The minimum Gasteiger partial charge on any atom is -0.452 e. The molecule has 8 heteroatoms. The second-order valence-corrected chi connectivity index (χ2v) is 7.37. The van der Waals surface area contributed by atoms with Crippen LogP contribution in [0.5, 0.6) is 0 Å². The van der Waals surface area contributed by atoms with Crippen LogP contribution in [0.3, 0.4) is 0 Å². The van der Waals surface area contributed by atoms with Crippen LogP contribution >= 0.6 is 0 Å². The monoisotopic (exact) mass is 397 g/mol. The third-order valence-electron chi connectivity index (χ3n) is 4.08. The van der Waals surface area contributed by atoms with Gasteiger partial charge in [-0.3, -0.25) is 0 Å². The molecule has 1 saturated carbocycles. The van der Waals surface area contributed by atoms with E-state index in [1.54, 1.807) is 0 Å². The van der Waals surface area contributed by atoms with Gasteiger partial charge in [0.2, 0.25) is 0 Å².